The molecule has 0 unspecified atom stereocenters. The van der Waals surface area contributed by atoms with Gasteiger partial charge in [-0.3, -0.25) is 4.90 Å². The fourth-order valence-electron chi connectivity index (χ4n) is 3.81. The molecule has 23 heavy (non-hydrogen) atoms. The molecule has 3 rings (SSSR count). The van der Waals surface area contributed by atoms with Gasteiger partial charge in [-0.1, -0.05) is 24.3 Å². The van der Waals surface area contributed by atoms with Gasteiger partial charge in [-0.25, -0.2) is 0 Å². The lowest BCUT2D eigenvalue weighted by molar-refractivity contribution is -0.275. The van der Waals surface area contributed by atoms with Crippen LogP contribution in [0.3, 0.4) is 0 Å². The Balaban J connectivity index is 0.00000192. The number of piperidine rings is 1. The van der Waals surface area contributed by atoms with E-state index in [1.807, 2.05) is 17.0 Å². The minimum atomic E-state index is -4.56. The Morgan fingerprint density at radius 1 is 1.09 bits per heavy atom. The monoisotopic (exact) mass is 350 g/mol. The predicted octanol–water partition coefficient (Wildman–Crippen LogP) is 2.29. The van der Waals surface area contributed by atoms with E-state index in [0.29, 0.717) is 6.54 Å². The molecule has 130 valence electrons. The zero-order chi connectivity index (χ0) is 16.0. The second kappa shape index (κ2) is 6.24. The lowest BCUT2D eigenvalue weighted by Gasteiger charge is -2.47. The van der Waals surface area contributed by atoms with Crippen molar-refractivity contribution in [3.8, 4) is 0 Å². The first-order valence-corrected chi connectivity index (χ1v) is 7.61. The van der Waals surface area contributed by atoms with E-state index >= 15 is 0 Å². The maximum absolute atomic E-state index is 12.9. The Morgan fingerprint density at radius 2 is 1.57 bits per heavy atom. The van der Waals surface area contributed by atoms with Gasteiger partial charge in [-0.05, 0) is 36.8 Å². The van der Waals surface area contributed by atoms with Crippen LogP contribution in [0.25, 0.3) is 0 Å². The lowest BCUT2D eigenvalue weighted by Crippen LogP contribution is -2.62. The molecule has 1 saturated heterocycles. The molecule has 2 aliphatic rings. The van der Waals surface area contributed by atoms with Crippen LogP contribution in [0.15, 0.2) is 24.3 Å². The number of fused-ring (bicyclic) bond motifs is 1. The molecule has 1 fully saturated rings. The van der Waals surface area contributed by atoms with Crippen LogP contribution in [0.5, 0.6) is 0 Å². The summed E-state index contributed by atoms with van der Waals surface area (Å²) in [7, 11) is 0. The van der Waals surface area contributed by atoms with E-state index in [9.17, 15) is 18.3 Å². The van der Waals surface area contributed by atoms with Crippen LogP contribution >= 0.6 is 12.4 Å². The SMILES string of the molecule is Cl.NCC1(N2CCC(O)(C(F)(F)F)CC2)Cc2ccccc2C1. The van der Waals surface area contributed by atoms with Gasteiger partial charge >= 0.3 is 6.18 Å². The Bertz CT molecular complexity index is 532. The fraction of sp³-hybridized carbons (Fsp3) is 0.625. The number of benzene rings is 1. The summed E-state index contributed by atoms with van der Waals surface area (Å²) >= 11 is 0. The standard InChI is InChI=1S/C16H21F3N2O.ClH/c17-16(18,19)15(22)5-7-21(8-6-15)14(11-20)9-12-3-1-2-4-13(12)10-14;/h1-4,22H,5-11,20H2;1H. The second-order valence-corrected chi connectivity index (χ2v) is 6.57. The number of halogens is 4. The van der Waals surface area contributed by atoms with E-state index < -0.39 is 11.8 Å². The van der Waals surface area contributed by atoms with E-state index in [2.05, 4.69) is 12.1 Å². The minimum absolute atomic E-state index is 0. The average Bonchev–Trinajstić information content (AvgIpc) is 2.86. The quantitative estimate of drug-likeness (QED) is 0.860. The highest BCUT2D eigenvalue weighted by Gasteiger charge is 2.56. The maximum atomic E-state index is 12.9. The fourth-order valence-corrected chi connectivity index (χ4v) is 3.81. The Hall–Kier alpha value is -0.820. The molecule has 3 N–H and O–H groups in total. The molecule has 0 bridgehead atoms. The van der Waals surface area contributed by atoms with E-state index in [1.165, 1.54) is 11.1 Å². The average molecular weight is 351 g/mol. The summed E-state index contributed by atoms with van der Waals surface area (Å²) in [5, 5.41) is 9.82. The first-order valence-electron chi connectivity index (χ1n) is 7.61. The molecule has 0 saturated carbocycles. The topological polar surface area (TPSA) is 49.5 Å². The van der Waals surface area contributed by atoms with E-state index in [0.717, 1.165) is 12.8 Å². The number of nitrogens with two attached hydrogens (primary N) is 1. The van der Waals surface area contributed by atoms with Crippen molar-refractivity contribution in [2.45, 2.75) is 43.0 Å². The van der Waals surface area contributed by atoms with Gasteiger partial charge in [0.2, 0.25) is 0 Å². The van der Waals surface area contributed by atoms with Gasteiger partial charge in [0, 0.05) is 25.2 Å². The third kappa shape index (κ3) is 3.09. The van der Waals surface area contributed by atoms with Gasteiger partial charge in [-0.2, -0.15) is 13.2 Å². The van der Waals surface area contributed by atoms with E-state index in [-0.39, 0.29) is 43.9 Å². The molecule has 1 heterocycles. The zero-order valence-electron chi connectivity index (χ0n) is 12.8. The van der Waals surface area contributed by atoms with Gasteiger partial charge in [-0.15, -0.1) is 12.4 Å². The van der Waals surface area contributed by atoms with Crippen molar-refractivity contribution in [2.75, 3.05) is 19.6 Å². The van der Waals surface area contributed by atoms with Crippen LogP contribution in [0, 0.1) is 0 Å². The molecule has 3 nitrogen and oxygen atoms in total. The molecule has 1 aliphatic heterocycles. The van der Waals surface area contributed by atoms with Crippen LogP contribution in [0.1, 0.15) is 24.0 Å². The number of hydrogen-bond acceptors (Lipinski definition) is 3. The van der Waals surface area contributed by atoms with Crippen LogP contribution in [-0.2, 0) is 12.8 Å². The van der Waals surface area contributed by atoms with Crippen LogP contribution in [0.4, 0.5) is 13.2 Å². The molecule has 0 aromatic heterocycles. The highest BCUT2D eigenvalue weighted by Crippen LogP contribution is 2.42. The van der Waals surface area contributed by atoms with E-state index in [4.69, 9.17) is 5.73 Å². The predicted molar refractivity (Wildman–Crippen MR) is 84.7 cm³/mol. The summed E-state index contributed by atoms with van der Waals surface area (Å²) in [6.07, 6.45) is -3.59. The molecule has 1 aromatic rings. The molecule has 7 heteroatoms. The lowest BCUT2D eigenvalue weighted by atomic mass is 9.85. The highest BCUT2D eigenvalue weighted by atomic mass is 35.5. The summed E-state index contributed by atoms with van der Waals surface area (Å²) in [5.74, 6) is 0. The number of nitrogens with zero attached hydrogens (tertiary/aromatic N) is 1. The minimum Gasteiger partial charge on any atom is -0.380 e. The number of aliphatic hydroxyl groups is 1. The summed E-state index contributed by atoms with van der Waals surface area (Å²) in [4.78, 5) is 2.05. The summed E-state index contributed by atoms with van der Waals surface area (Å²) in [6.45, 7) is 0.856. The molecular weight excluding hydrogens is 329 g/mol. The Labute approximate surface area is 140 Å². The van der Waals surface area contributed by atoms with Crippen molar-refractivity contribution in [3.63, 3.8) is 0 Å². The smallest absolute Gasteiger partial charge is 0.380 e. The molecule has 1 aliphatic carbocycles. The Kier molecular flexibility index (Phi) is 5.02. The van der Waals surface area contributed by atoms with Crippen molar-refractivity contribution in [1.29, 1.82) is 0 Å². The van der Waals surface area contributed by atoms with Gasteiger partial charge in [0.15, 0.2) is 5.60 Å². The van der Waals surface area contributed by atoms with Gasteiger partial charge < -0.3 is 10.8 Å². The molecule has 0 atom stereocenters. The van der Waals surface area contributed by atoms with Crippen molar-refractivity contribution in [2.24, 2.45) is 5.73 Å². The number of alkyl halides is 3. The first-order chi connectivity index (χ1) is 10.3. The van der Waals surface area contributed by atoms with Crippen molar-refractivity contribution >= 4 is 12.4 Å². The molecule has 0 spiro atoms. The van der Waals surface area contributed by atoms with Gasteiger partial charge in [0.1, 0.15) is 0 Å². The van der Waals surface area contributed by atoms with Crippen molar-refractivity contribution in [3.05, 3.63) is 35.4 Å². The normalized spacial score (nSPS) is 23.2. The maximum Gasteiger partial charge on any atom is 0.417 e. The third-order valence-electron chi connectivity index (χ3n) is 5.33. The van der Waals surface area contributed by atoms with Crippen LogP contribution in [0.2, 0.25) is 0 Å². The largest absolute Gasteiger partial charge is 0.417 e. The number of hydrogen-bond donors (Lipinski definition) is 2. The number of likely N-dealkylation sites (tertiary alicyclic amines) is 1. The Morgan fingerprint density at radius 3 is 1.96 bits per heavy atom. The third-order valence-corrected chi connectivity index (χ3v) is 5.33. The first kappa shape index (κ1) is 18.5. The highest BCUT2D eigenvalue weighted by molar-refractivity contribution is 5.85. The van der Waals surface area contributed by atoms with Crippen LogP contribution < -0.4 is 5.73 Å². The summed E-state index contributed by atoms with van der Waals surface area (Å²) in [6, 6.07) is 8.07. The number of rotatable bonds is 2. The van der Waals surface area contributed by atoms with Crippen molar-refractivity contribution < 1.29 is 18.3 Å². The second-order valence-electron chi connectivity index (χ2n) is 6.57. The molecule has 0 radical (unpaired) electrons. The van der Waals surface area contributed by atoms with E-state index in [1.54, 1.807) is 0 Å². The van der Waals surface area contributed by atoms with Gasteiger partial charge in [0.05, 0.1) is 0 Å². The molecule has 1 aromatic carbocycles. The van der Waals surface area contributed by atoms with Gasteiger partial charge in [0.25, 0.3) is 0 Å². The van der Waals surface area contributed by atoms with Crippen LogP contribution in [-0.4, -0.2) is 47.0 Å². The summed E-state index contributed by atoms with van der Waals surface area (Å²) in [5.41, 5.74) is 5.60. The van der Waals surface area contributed by atoms with Crippen molar-refractivity contribution in [1.82, 2.24) is 4.90 Å². The summed E-state index contributed by atoms with van der Waals surface area (Å²) < 4.78 is 38.8. The zero-order valence-corrected chi connectivity index (χ0v) is 13.6. The molecule has 0 amide bonds. The molecular formula is C16H22ClF3N2O.